The monoisotopic (exact) mass is 647 g/mol. The second-order valence-corrected chi connectivity index (χ2v) is 13.3. The maximum Gasteiger partial charge on any atom is 0.0462 e. The fourth-order valence-electron chi connectivity index (χ4n) is 7.91. The second kappa shape index (κ2) is 12.0. The summed E-state index contributed by atoms with van der Waals surface area (Å²) in [4.78, 5) is 2.32. The molecule has 10 rings (SSSR count). The molecule has 0 unspecified atom stereocenters. The van der Waals surface area contributed by atoms with Crippen LogP contribution in [0.25, 0.3) is 77.2 Å². The van der Waals surface area contributed by atoms with Crippen LogP contribution in [0.2, 0.25) is 0 Å². The summed E-state index contributed by atoms with van der Waals surface area (Å²) in [5, 5.41) is 5.16. The van der Waals surface area contributed by atoms with E-state index in [0.29, 0.717) is 0 Å². The molecule has 0 atom stereocenters. The van der Waals surface area contributed by atoms with E-state index in [4.69, 9.17) is 0 Å². The van der Waals surface area contributed by atoms with E-state index in [2.05, 4.69) is 205 Å². The summed E-state index contributed by atoms with van der Waals surface area (Å²) < 4.78 is 0. The third kappa shape index (κ3) is 5.02. The first-order chi connectivity index (χ1) is 25.3. The molecule has 1 heteroatoms. The molecule has 9 aromatic carbocycles. The third-order valence-corrected chi connectivity index (χ3v) is 10.4. The summed E-state index contributed by atoms with van der Waals surface area (Å²) in [6.07, 6.45) is 0. The van der Waals surface area contributed by atoms with E-state index in [-0.39, 0.29) is 0 Å². The average molecular weight is 648 g/mol. The number of nitrogens with zero attached hydrogens (tertiary/aromatic N) is 1. The molecule has 0 aromatic heterocycles. The fourth-order valence-corrected chi connectivity index (χ4v) is 7.91. The molecule has 0 N–H and O–H groups in total. The Balaban J connectivity index is 0.967. The van der Waals surface area contributed by atoms with Crippen LogP contribution >= 0.6 is 0 Å². The second-order valence-electron chi connectivity index (χ2n) is 13.3. The van der Waals surface area contributed by atoms with Crippen LogP contribution < -0.4 is 4.90 Å². The van der Waals surface area contributed by atoms with Crippen molar-refractivity contribution in [2.45, 2.75) is 0 Å². The highest BCUT2D eigenvalue weighted by Gasteiger charge is 2.22. The molecular formula is C50H33N. The molecule has 0 saturated heterocycles. The zero-order chi connectivity index (χ0) is 33.7. The first-order valence-corrected chi connectivity index (χ1v) is 17.6. The predicted molar refractivity (Wildman–Crippen MR) is 217 cm³/mol. The highest BCUT2D eigenvalue weighted by molar-refractivity contribution is 6.18. The first kappa shape index (κ1) is 29.2. The maximum atomic E-state index is 2.34. The number of anilines is 3. The first-order valence-electron chi connectivity index (χ1n) is 17.6. The number of rotatable bonds is 6. The van der Waals surface area contributed by atoms with Crippen molar-refractivity contribution >= 4 is 38.6 Å². The van der Waals surface area contributed by atoms with E-state index >= 15 is 0 Å². The van der Waals surface area contributed by atoms with Gasteiger partial charge < -0.3 is 4.90 Å². The molecule has 9 aromatic rings. The molecule has 1 aliphatic carbocycles. The van der Waals surface area contributed by atoms with Crippen molar-refractivity contribution in [3.63, 3.8) is 0 Å². The molecule has 0 fully saturated rings. The van der Waals surface area contributed by atoms with Gasteiger partial charge in [0.2, 0.25) is 0 Å². The Kier molecular flexibility index (Phi) is 6.89. The van der Waals surface area contributed by atoms with Crippen LogP contribution in [0.5, 0.6) is 0 Å². The summed E-state index contributed by atoms with van der Waals surface area (Å²) in [7, 11) is 0. The lowest BCUT2D eigenvalue weighted by Gasteiger charge is -2.26. The normalized spacial score (nSPS) is 11.5. The minimum atomic E-state index is 1.12. The molecule has 51 heavy (non-hydrogen) atoms. The number of fused-ring (bicyclic) bond motifs is 4. The van der Waals surface area contributed by atoms with E-state index in [0.717, 1.165) is 17.1 Å². The average Bonchev–Trinajstić information content (AvgIpc) is 3.54. The van der Waals surface area contributed by atoms with Crippen molar-refractivity contribution in [1.82, 2.24) is 0 Å². The molecule has 0 radical (unpaired) electrons. The number of benzene rings is 9. The van der Waals surface area contributed by atoms with Crippen molar-refractivity contribution in [3.05, 3.63) is 200 Å². The highest BCUT2D eigenvalue weighted by Crippen LogP contribution is 2.49. The molecule has 1 aliphatic rings. The predicted octanol–water partition coefficient (Wildman–Crippen LogP) is 14.1. The van der Waals surface area contributed by atoms with Gasteiger partial charge >= 0.3 is 0 Å². The Morgan fingerprint density at radius 1 is 0.255 bits per heavy atom. The molecule has 0 heterocycles. The lowest BCUT2D eigenvalue weighted by molar-refractivity contribution is 1.28. The lowest BCUT2D eigenvalue weighted by Crippen LogP contribution is -2.09. The lowest BCUT2D eigenvalue weighted by atomic mass is 9.92. The number of para-hydroxylation sites is 1. The van der Waals surface area contributed by atoms with Crippen molar-refractivity contribution in [2.75, 3.05) is 4.90 Å². The highest BCUT2D eigenvalue weighted by atomic mass is 15.1. The van der Waals surface area contributed by atoms with Gasteiger partial charge in [0.1, 0.15) is 0 Å². The molecule has 0 bridgehead atoms. The van der Waals surface area contributed by atoms with Crippen LogP contribution in [0, 0.1) is 0 Å². The Bertz CT molecular complexity index is 2680. The molecule has 0 aliphatic heterocycles. The third-order valence-electron chi connectivity index (χ3n) is 10.4. The number of hydrogen-bond donors (Lipinski definition) is 0. The van der Waals surface area contributed by atoms with Crippen LogP contribution in [0.4, 0.5) is 17.1 Å². The Labute approximate surface area is 298 Å². The standard InChI is InChI=1S/C50H33N/c1-3-10-34(11-4-1)35-22-26-42(27-23-35)51(41-12-5-2-6-13-41)43-28-24-36(25-29-43)37-18-19-39-33-40(21-20-38(39)32-37)44-30-31-49-46-15-8-7-14-45(46)48-17-9-16-47(44)50(48)49/h1-33H. The van der Waals surface area contributed by atoms with Crippen LogP contribution in [-0.4, -0.2) is 0 Å². The SMILES string of the molecule is c1ccc(-c2ccc(N(c3ccccc3)c3ccc(-c4ccc5cc(-c6ccc7c8c(cccc68)-c6ccccc6-7)ccc5c4)cc3)cc2)cc1. The summed E-state index contributed by atoms with van der Waals surface area (Å²) in [6, 6.07) is 72.8. The fraction of sp³-hybridized carbons (Fsp3) is 0. The van der Waals surface area contributed by atoms with Crippen LogP contribution in [0.1, 0.15) is 0 Å². The summed E-state index contributed by atoms with van der Waals surface area (Å²) in [5.41, 5.74) is 16.1. The van der Waals surface area contributed by atoms with Gasteiger partial charge in [-0.2, -0.15) is 0 Å². The molecule has 238 valence electrons. The van der Waals surface area contributed by atoms with Gasteiger partial charge in [0.15, 0.2) is 0 Å². The van der Waals surface area contributed by atoms with Crippen LogP contribution in [-0.2, 0) is 0 Å². The molecule has 0 spiro atoms. The van der Waals surface area contributed by atoms with E-state index < -0.39 is 0 Å². The topological polar surface area (TPSA) is 3.24 Å². The van der Waals surface area contributed by atoms with Crippen molar-refractivity contribution in [3.8, 4) is 55.6 Å². The largest absolute Gasteiger partial charge is 0.311 e. The van der Waals surface area contributed by atoms with Gasteiger partial charge in [0, 0.05) is 17.1 Å². The van der Waals surface area contributed by atoms with Gasteiger partial charge in [0.25, 0.3) is 0 Å². The summed E-state index contributed by atoms with van der Waals surface area (Å²) in [5.74, 6) is 0. The number of hydrogen-bond acceptors (Lipinski definition) is 1. The summed E-state index contributed by atoms with van der Waals surface area (Å²) >= 11 is 0. The van der Waals surface area contributed by atoms with Crippen molar-refractivity contribution in [2.24, 2.45) is 0 Å². The minimum Gasteiger partial charge on any atom is -0.311 e. The quantitative estimate of drug-likeness (QED) is 0.174. The zero-order valence-electron chi connectivity index (χ0n) is 28.0. The zero-order valence-corrected chi connectivity index (χ0v) is 28.0. The van der Waals surface area contributed by atoms with E-state index in [9.17, 15) is 0 Å². The van der Waals surface area contributed by atoms with Gasteiger partial charge in [-0.1, -0.05) is 152 Å². The molecular weight excluding hydrogens is 615 g/mol. The van der Waals surface area contributed by atoms with Gasteiger partial charge in [0.05, 0.1) is 0 Å². The maximum absolute atomic E-state index is 2.34. The summed E-state index contributed by atoms with van der Waals surface area (Å²) in [6.45, 7) is 0. The molecule has 0 saturated carbocycles. The van der Waals surface area contributed by atoms with Crippen LogP contribution in [0.15, 0.2) is 200 Å². The van der Waals surface area contributed by atoms with Gasteiger partial charge in [-0.25, -0.2) is 0 Å². The van der Waals surface area contributed by atoms with Crippen molar-refractivity contribution in [1.29, 1.82) is 0 Å². The van der Waals surface area contributed by atoms with Crippen molar-refractivity contribution < 1.29 is 0 Å². The van der Waals surface area contributed by atoms with Crippen LogP contribution in [0.3, 0.4) is 0 Å². The smallest absolute Gasteiger partial charge is 0.0462 e. The van der Waals surface area contributed by atoms with Gasteiger partial charge in [-0.3, -0.25) is 0 Å². The Morgan fingerprint density at radius 2 is 0.706 bits per heavy atom. The Morgan fingerprint density at radius 3 is 1.37 bits per heavy atom. The van der Waals surface area contributed by atoms with E-state index in [1.807, 2.05) is 0 Å². The molecule has 1 nitrogen and oxygen atoms in total. The van der Waals surface area contributed by atoms with E-state index in [1.165, 1.54) is 77.2 Å². The molecule has 0 amide bonds. The van der Waals surface area contributed by atoms with Gasteiger partial charge in [-0.15, -0.1) is 0 Å². The Hall–Kier alpha value is -6.70. The van der Waals surface area contributed by atoms with E-state index in [1.54, 1.807) is 0 Å². The minimum absolute atomic E-state index is 1.12. The van der Waals surface area contributed by atoms with Gasteiger partial charge in [-0.05, 0) is 126 Å².